The van der Waals surface area contributed by atoms with E-state index < -0.39 is 21.9 Å². The number of ether oxygens (including phenoxy) is 1. The number of carbonyl (C=O) groups is 2. The van der Waals surface area contributed by atoms with Crippen LogP contribution < -0.4 is 10.5 Å². The highest BCUT2D eigenvalue weighted by Crippen LogP contribution is 2.17. The summed E-state index contributed by atoms with van der Waals surface area (Å²) in [5.41, 5.74) is 6.99. The lowest BCUT2D eigenvalue weighted by Crippen LogP contribution is -2.23. The van der Waals surface area contributed by atoms with Crippen LogP contribution in [0.25, 0.3) is 0 Å². The minimum absolute atomic E-state index is 0.00251. The second-order valence-electron chi connectivity index (χ2n) is 5.62. The monoisotopic (exact) mass is 376 g/mol. The largest absolute Gasteiger partial charge is 0.457 e. The lowest BCUT2D eigenvalue weighted by atomic mass is 10.1. The Morgan fingerprint density at radius 3 is 2.35 bits per heavy atom. The van der Waals surface area contributed by atoms with Crippen LogP contribution in [0.2, 0.25) is 0 Å². The van der Waals surface area contributed by atoms with E-state index in [9.17, 15) is 18.0 Å². The van der Waals surface area contributed by atoms with Gasteiger partial charge in [-0.2, -0.15) is 0 Å². The van der Waals surface area contributed by atoms with Gasteiger partial charge >= 0.3 is 5.97 Å². The molecule has 0 aliphatic heterocycles. The maximum Gasteiger partial charge on any atom is 0.338 e. The van der Waals surface area contributed by atoms with E-state index in [0.717, 1.165) is 0 Å². The van der Waals surface area contributed by atoms with E-state index >= 15 is 0 Å². The maximum atomic E-state index is 12.3. The van der Waals surface area contributed by atoms with Crippen LogP contribution in [0.1, 0.15) is 38.8 Å². The van der Waals surface area contributed by atoms with E-state index in [1.54, 1.807) is 44.2 Å². The van der Waals surface area contributed by atoms with Crippen molar-refractivity contribution in [3.05, 3.63) is 64.7 Å². The quantitative estimate of drug-likeness (QED) is 0.714. The molecule has 0 saturated heterocycles. The standard InChI is InChI=1S/C18H20N2O5S/c1-3-20-26(23,24)15-9-4-12(2)16(10-15)18(22)25-11-13-5-7-14(8-6-13)17(19)21/h4-10,20H,3,11H2,1-2H3,(H2,19,21). The smallest absolute Gasteiger partial charge is 0.338 e. The number of amides is 1. The number of aryl methyl sites for hydroxylation is 1. The molecule has 0 aliphatic rings. The second kappa shape index (κ2) is 8.11. The summed E-state index contributed by atoms with van der Waals surface area (Å²) in [5, 5.41) is 0. The Kier molecular flexibility index (Phi) is 6.12. The highest BCUT2D eigenvalue weighted by atomic mass is 32.2. The van der Waals surface area contributed by atoms with Gasteiger partial charge in [0, 0.05) is 12.1 Å². The first-order chi connectivity index (χ1) is 12.2. The lowest BCUT2D eigenvalue weighted by Gasteiger charge is -2.10. The Labute approximate surface area is 152 Å². The Bertz CT molecular complexity index is 921. The summed E-state index contributed by atoms with van der Waals surface area (Å²) < 4.78 is 31.8. The predicted molar refractivity (Wildman–Crippen MR) is 96.1 cm³/mol. The number of nitrogens with two attached hydrogens (primary N) is 1. The van der Waals surface area contributed by atoms with Crippen LogP contribution >= 0.6 is 0 Å². The molecule has 2 rings (SSSR count). The number of hydrogen-bond acceptors (Lipinski definition) is 5. The number of nitrogens with one attached hydrogen (secondary N) is 1. The molecule has 2 aromatic carbocycles. The summed E-state index contributed by atoms with van der Waals surface area (Å²) in [6.45, 7) is 3.60. The number of carbonyl (C=O) groups excluding carboxylic acids is 2. The minimum Gasteiger partial charge on any atom is -0.457 e. The van der Waals surface area contributed by atoms with Gasteiger partial charge in [0.2, 0.25) is 15.9 Å². The van der Waals surface area contributed by atoms with Gasteiger partial charge in [0.1, 0.15) is 6.61 Å². The fourth-order valence-corrected chi connectivity index (χ4v) is 3.32. The highest BCUT2D eigenvalue weighted by molar-refractivity contribution is 7.89. The summed E-state index contributed by atoms with van der Waals surface area (Å²) in [7, 11) is -3.66. The van der Waals surface area contributed by atoms with Crippen molar-refractivity contribution in [3.63, 3.8) is 0 Å². The summed E-state index contributed by atoms with van der Waals surface area (Å²) in [6.07, 6.45) is 0. The van der Waals surface area contributed by atoms with E-state index in [2.05, 4.69) is 4.72 Å². The van der Waals surface area contributed by atoms with Gasteiger partial charge in [-0.1, -0.05) is 25.1 Å². The fourth-order valence-electron chi connectivity index (χ4n) is 2.25. The number of benzene rings is 2. The van der Waals surface area contributed by atoms with Gasteiger partial charge in [0.25, 0.3) is 0 Å². The molecule has 0 bridgehead atoms. The number of rotatable bonds is 7. The molecule has 0 heterocycles. The molecular weight excluding hydrogens is 356 g/mol. The fraction of sp³-hybridized carbons (Fsp3) is 0.222. The zero-order chi connectivity index (χ0) is 19.3. The number of hydrogen-bond donors (Lipinski definition) is 2. The molecule has 0 aromatic heterocycles. The lowest BCUT2D eigenvalue weighted by molar-refractivity contribution is 0.0471. The van der Waals surface area contributed by atoms with Crippen molar-refractivity contribution < 1.29 is 22.7 Å². The molecule has 0 saturated carbocycles. The van der Waals surface area contributed by atoms with Crippen LogP contribution in [-0.2, 0) is 21.4 Å². The first kappa shape index (κ1) is 19.6. The first-order valence-corrected chi connectivity index (χ1v) is 9.39. The van der Waals surface area contributed by atoms with E-state index in [0.29, 0.717) is 16.7 Å². The molecule has 26 heavy (non-hydrogen) atoms. The van der Waals surface area contributed by atoms with Gasteiger partial charge in [-0.3, -0.25) is 4.79 Å². The van der Waals surface area contributed by atoms with Crippen molar-refractivity contribution in [3.8, 4) is 0 Å². The van der Waals surface area contributed by atoms with Crippen molar-refractivity contribution >= 4 is 21.9 Å². The Balaban J connectivity index is 2.15. The molecule has 1 amide bonds. The van der Waals surface area contributed by atoms with Crippen molar-refractivity contribution in [2.24, 2.45) is 5.73 Å². The Morgan fingerprint density at radius 1 is 1.12 bits per heavy atom. The van der Waals surface area contributed by atoms with Crippen LogP contribution in [0.15, 0.2) is 47.4 Å². The van der Waals surface area contributed by atoms with Crippen molar-refractivity contribution in [1.82, 2.24) is 4.72 Å². The van der Waals surface area contributed by atoms with Crippen LogP contribution in [-0.4, -0.2) is 26.8 Å². The number of sulfonamides is 1. The van der Waals surface area contributed by atoms with Gasteiger partial charge in [-0.25, -0.2) is 17.9 Å². The van der Waals surface area contributed by atoms with E-state index in [1.165, 1.54) is 12.1 Å². The van der Waals surface area contributed by atoms with E-state index in [4.69, 9.17) is 10.5 Å². The molecule has 0 fully saturated rings. The van der Waals surface area contributed by atoms with E-state index in [-0.39, 0.29) is 23.6 Å². The number of primary amides is 1. The highest BCUT2D eigenvalue weighted by Gasteiger charge is 2.18. The molecule has 2 aromatic rings. The number of esters is 1. The molecule has 7 nitrogen and oxygen atoms in total. The summed E-state index contributed by atoms with van der Waals surface area (Å²) >= 11 is 0. The molecule has 0 aliphatic carbocycles. The van der Waals surface area contributed by atoms with Gasteiger partial charge < -0.3 is 10.5 Å². The maximum absolute atomic E-state index is 12.3. The van der Waals surface area contributed by atoms with Crippen LogP contribution in [0.5, 0.6) is 0 Å². The van der Waals surface area contributed by atoms with Crippen molar-refractivity contribution in [2.45, 2.75) is 25.3 Å². The Hall–Kier alpha value is -2.71. The van der Waals surface area contributed by atoms with Crippen molar-refractivity contribution in [1.29, 1.82) is 0 Å². The van der Waals surface area contributed by atoms with Crippen LogP contribution in [0, 0.1) is 6.92 Å². The second-order valence-corrected chi connectivity index (χ2v) is 7.38. The zero-order valence-corrected chi connectivity index (χ0v) is 15.3. The van der Waals surface area contributed by atoms with Crippen molar-refractivity contribution in [2.75, 3.05) is 6.54 Å². The third-order valence-electron chi connectivity index (χ3n) is 3.68. The Morgan fingerprint density at radius 2 is 1.77 bits per heavy atom. The van der Waals surface area contributed by atoms with Crippen LogP contribution in [0.4, 0.5) is 0 Å². The van der Waals surface area contributed by atoms with Gasteiger partial charge in [0.15, 0.2) is 0 Å². The molecule has 0 radical (unpaired) electrons. The molecule has 0 spiro atoms. The minimum atomic E-state index is -3.66. The molecule has 138 valence electrons. The average Bonchev–Trinajstić information content (AvgIpc) is 2.60. The SMILES string of the molecule is CCNS(=O)(=O)c1ccc(C)c(C(=O)OCc2ccc(C(N)=O)cc2)c1. The molecular formula is C18H20N2O5S. The summed E-state index contributed by atoms with van der Waals surface area (Å²) in [6, 6.07) is 10.6. The predicted octanol–water partition coefficient (Wildman–Crippen LogP) is 1.75. The third-order valence-corrected chi connectivity index (χ3v) is 5.23. The van der Waals surface area contributed by atoms with Crippen LogP contribution in [0.3, 0.4) is 0 Å². The summed E-state index contributed by atoms with van der Waals surface area (Å²) in [5.74, 6) is -1.17. The first-order valence-electron chi connectivity index (χ1n) is 7.90. The average molecular weight is 376 g/mol. The normalized spacial score (nSPS) is 11.2. The topological polar surface area (TPSA) is 116 Å². The molecule has 0 atom stereocenters. The van der Waals surface area contributed by atoms with Gasteiger partial charge in [-0.15, -0.1) is 0 Å². The van der Waals surface area contributed by atoms with Gasteiger partial charge in [0.05, 0.1) is 10.5 Å². The summed E-state index contributed by atoms with van der Waals surface area (Å²) in [4.78, 5) is 23.4. The third kappa shape index (κ3) is 4.68. The molecule has 0 unspecified atom stereocenters. The van der Waals surface area contributed by atoms with E-state index in [1.807, 2.05) is 0 Å². The molecule has 8 heteroatoms. The molecule has 3 N–H and O–H groups in total. The zero-order valence-electron chi connectivity index (χ0n) is 14.5. The van der Waals surface area contributed by atoms with Gasteiger partial charge in [-0.05, 0) is 42.3 Å².